The van der Waals surface area contributed by atoms with Crippen molar-refractivity contribution in [2.45, 2.75) is 153 Å². The first kappa shape index (κ1) is 41.9. The molecule has 6 rings (SSSR count). The van der Waals surface area contributed by atoms with Crippen molar-refractivity contribution in [3.8, 4) is 0 Å². The fourth-order valence-corrected chi connectivity index (χ4v) is 10.8. The van der Waals surface area contributed by atoms with Gasteiger partial charge in [-0.15, -0.1) is 0 Å². The molecule has 0 aliphatic carbocycles. The average Bonchev–Trinajstić information content (AvgIpc) is 3.55. The van der Waals surface area contributed by atoms with E-state index < -0.39 is 0 Å². The highest BCUT2D eigenvalue weighted by molar-refractivity contribution is 9.09. The van der Waals surface area contributed by atoms with E-state index in [0.717, 1.165) is 18.3 Å². The lowest BCUT2D eigenvalue weighted by Gasteiger charge is -2.31. The Labute approximate surface area is 350 Å². The average molecular weight is 868 g/mol. The van der Waals surface area contributed by atoms with Crippen LogP contribution in [-0.4, -0.2) is 27.1 Å². The van der Waals surface area contributed by atoms with Crippen molar-refractivity contribution >= 4 is 70.5 Å². The molecule has 0 aromatic heterocycles. The first-order valence-electron chi connectivity index (χ1n) is 21.8. The van der Waals surface area contributed by atoms with Crippen LogP contribution in [0.3, 0.4) is 0 Å². The molecule has 294 valence electrons. The van der Waals surface area contributed by atoms with E-state index >= 15 is 0 Å². The van der Waals surface area contributed by atoms with Crippen molar-refractivity contribution in [3.63, 3.8) is 0 Å². The Morgan fingerprint density at radius 3 is 1.85 bits per heavy atom. The maximum atomic E-state index is 4.26. The minimum Gasteiger partial charge on any atom is -0.331 e. The van der Waals surface area contributed by atoms with E-state index in [0.29, 0.717) is 0 Å². The normalized spacial score (nSPS) is 17.3. The van der Waals surface area contributed by atoms with Gasteiger partial charge in [0.1, 0.15) is 6.54 Å². The van der Waals surface area contributed by atoms with Gasteiger partial charge in [0.15, 0.2) is 5.71 Å². The van der Waals surface area contributed by atoms with Crippen molar-refractivity contribution in [1.29, 1.82) is 0 Å². The highest BCUT2D eigenvalue weighted by Gasteiger charge is 2.46. The molecule has 55 heavy (non-hydrogen) atoms. The van der Waals surface area contributed by atoms with E-state index in [1.54, 1.807) is 0 Å². The summed E-state index contributed by atoms with van der Waals surface area (Å²) in [5.41, 5.74) is 8.20. The Morgan fingerprint density at radius 1 is 0.636 bits per heavy atom. The number of fused-ring (bicyclic) bond motifs is 6. The molecule has 0 spiro atoms. The van der Waals surface area contributed by atoms with Crippen molar-refractivity contribution in [2.24, 2.45) is 0 Å². The summed E-state index contributed by atoms with van der Waals surface area (Å²) in [5.74, 6) is 0. The van der Waals surface area contributed by atoms with Crippen LogP contribution in [0.15, 0.2) is 96.7 Å². The van der Waals surface area contributed by atoms with E-state index in [4.69, 9.17) is 0 Å². The van der Waals surface area contributed by atoms with Gasteiger partial charge in [-0.1, -0.05) is 190 Å². The zero-order chi connectivity index (χ0) is 38.8. The molecule has 2 aliphatic heterocycles. The smallest absolute Gasteiger partial charge is 0.210 e. The number of allylic oxidation sites excluding steroid dienone is 4. The van der Waals surface area contributed by atoms with Crippen LogP contribution in [0.4, 0.5) is 11.4 Å². The molecule has 0 radical (unpaired) electrons. The molecule has 1 unspecified atom stereocenters. The Bertz CT molecular complexity index is 1980. The molecule has 2 nitrogen and oxygen atoms in total. The van der Waals surface area contributed by atoms with Crippen LogP contribution in [0.2, 0.25) is 0 Å². The molecule has 0 saturated heterocycles. The Hall–Kier alpha value is -2.69. The predicted molar refractivity (Wildman–Crippen MR) is 249 cm³/mol. The third-order valence-corrected chi connectivity index (χ3v) is 14.0. The summed E-state index contributed by atoms with van der Waals surface area (Å²) in [6.07, 6.45) is 28.3. The number of hydrogen-bond donors (Lipinski definition) is 0. The SMILES string of the molecule is CCCCCCCCCC(Br)N1/C(=C\C=C\C2=[N+](CCCCCCCCCCBr)c3ccc4ccccc4c3C2(C)C)C(C)(C)c2c1ccc1ccccc21. The van der Waals surface area contributed by atoms with Gasteiger partial charge >= 0.3 is 0 Å². The minimum atomic E-state index is -0.143. The van der Waals surface area contributed by atoms with Crippen molar-refractivity contribution in [3.05, 3.63) is 108 Å². The van der Waals surface area contributed by atoms with E-state index in [-0.39, 0.29) is 15.8 Å². The maximum Gasteiger partial charge on any atom is 0.210 e. The second kappa shape index (κ2) is 19.6. The van der Waals surface area contributed by atoms with Crippen LogP contribution >= 0.6 is 31.9 Å². The van der Waals surface area contributed by atoms with Crippen LogP contribution in [0.25, 0.3) is 21.5 Å². The molecule has 0 bridgehead atoms. The maximum absolute atomic E-state index is 4.26. The summed E-state index contributed by atoms with van der Waals surface area (Å²) in [4.78, 5) is 2.88. The van der Waals surface area contributed by atoms with Gasteiger partial charge in [-0.05, 0) is 78.4 Å². The molecule has 4 heteroatoms. The topological polar surface area (TPSA) is 6.25 Å². The Kier molecular flexibility index (Phi) is 15.0. The fraction of sp³-hybridized carbons (Fsp3) is 0.510. The summed E-state index contributed by atoms with van der Waals surface area (Å²) < 4.78 is 2.67. The second-order valence-corrected chi connectivity index (χ2v) is 19.1. The fourth-order valence-electron chi connectivity index (χ4n) is 9.60. The van der Waals surface area contributed by atoms with Crippen molar-refractivity contribution in [1.82, 2.24) is 0 Å². The summed E-state index contributed by atoms with van der Waals surface area (Å²) in [5, 5.41) is 6.55. The lowest BCUT2D eigenvalue weighted by Crippen LogP contribution is -2.32. The number of hydrogen-bond acceptors (Lipinski definition) is 1. The van der Waals surface area contributed by atoms with Crippen LogP contribution < -0.4 is 4.90 Å². The van der Waals surface area contributed by atoms with Crippen molar-refractivity contribution in [2.75, 3.05) is 16.8 Å². The van der Waals surface area contributed by atoms with E-state index in [2.05, 4.69) is 167 Å². The molecule has 2 heterocycles. The van der Waals surface area contributed by atoms with Gasteiger partial charge in [0.2, 0.25) is 5.69 Å². The molecular formula is C51H67Br2N2+. The number of rotatable bonds is 21. The molecule has 4 aromatic carbocycles. The standard InChI is InChI=1S/C51H67Br2N2/c1-6-7-8-9-12-15-18-32-47(53)55-44-36-34-40-27-20-22-29-42(40)49(44)51(4,5)46(55)31-25-30-45-50(2,3)48-41-28-21-19-26-39(41)33-35-43(48)54(45)38-24-17-14-11-10-13-16-23-37-52/h19-22,25-31,33-36,47H,6-18,23-24,32,37-38H2,1-5H3/q+1. The van der Waals surface area contributed by atoms with Crippen molar-refractivity contribution < 1.29 is 4.58 Å². The molecule has 0 N–H and O–H groups in total. The van der Waals surface area contributed by atoms with Crippen LogP contribution in [0.1, 0.15) is 148 Å². The molecule has 4 aromatic rings. The van der Waals surface area contributed by atoms with E-state index in [1.165, 1.54) is 152 Å². The van der Waals surface area contributed by atoms with Gasteiger partial charge in [0.05, 0.1) is 10.4 Å². The molecule has 0 saturated carbocycles. The van der Waals surface area contributed by atoms with Crippen LogP contribution in [-0.2, 0) is 10.8 Å². The van der Waals surface area contributed by atoms with E-state index in [1.807, 2.05) is 0 Å². The molecule has 2 aliphatic rings. The monoisotopic (exact) mass is 865 g/mol. The van der Waals surface area contributed by atoms with Crippen LogP contribution in [0.5, 0.6) is 0 Å². The quantitative estimate of drug-likeness (QED) is 0.0350. The van der Waals surface area contributed by atoms with Gasteiger partial charge in [-0.2, -0.15) is 4.58 Å². The molecule has 1 atom stereocenters. The first-order chi connectivity index (χ1) is 26.7. The second-order valence-electron chi connectivity index (χ2n) is 17.3. The zero-order valence-electron chi connectivity index (χ0n) is 34.6. The van der Waals surface area contributed by atoms with E-state index in [9.17, 15) is 0 Å². The lowest BCUT2D eigenvalue weighted by atomic mass is 9.79. The summed E-state index contributed by atoms with van der Waals surface area (Å²) in [6.45, 7) is 13.1. The Balaban J connectivity index is 1.30. The highest BCUT2D eigenvalue weighted by atomic mass is 79.9. The molecule has 0 fully saturated rings. The number of unbranched alkanes of at least 4 members (excludes halogenated alkanes) is 13. The number of benzene rings is 4. The summed E-state index contributed by atoms with van der Waals surface area (Å²) in [7, 11) is 0. The number of alkyl halides is 2. The highest BCUT2D eigenvalue weighted by Crippen LogP contribution is 2.53. The third kappa shape index (κ3) is 9.38. The summed E-state index contributed by atoms with van der Waals surface area (Å²) >= 11 is 7.84. The minimum absolute atomic E-state index is 0.111. The first-order valence-corrected chi connectivity index (χ1v) is 23.8. The Morgan fingerprint density at radius 2 is 1.20 bits per heavy atom. The molecule has 0 amide bonds. The number of halogens is 2. The van der Waals surface area contributed by atoms with Gasteiger partial charge < -0.3 is 4.90 Å². The summed E-state index contributed by atoms with van der Waals surface area (Å²) in [6, 6.07) is 27.4. The van der Waals surface area contributed by atoms with Gasteiger partial charge in [0, 0.05) is 46.3 Å². The van der Waals surface area contributed by atoms with Gasteiger partial charge in [-0.3, -0.25) is 0 Å². The largest absolute Gasteiger partial charge is 0.331 e. The van der Waals surface area contributed by atoms with Crippen LogP contribution in [0, 0.1) is 0 Å². The number of nitrogens with zero attached hydrogens (tertiary/aromatic N) is 2. The van der Waals surface area contributed by atoms with Gasteiger partial charge in [0.25, 0.3) is 0 Å². The predicted octanol–water partition coefficient (Wildman–Crippen LogP) is 16.0. The molecular weight excluding hydrogens is 800 g/mol. The lowest BCUT2D eigenvalue weighted by molar-refractivity contribution is -0.438. The zero-order valence-corrected chi connectivity index (χ0v) is 37.8. The van der Waals surface area contributed by atoms with Gasteiger partial charge in [-0.25, -0.2) is 0 Å². The number of anilines is 1. The third-order valence-electron chi connectivity index (χ3n) is 12.5.